The van der Waals surface area contributed by atoms with Crippen molar-refractivity contribution in [3.05, 3.63) is 0 Å². The number of esters is 2. The predicted molar refractivity (Wildman–Crippen MR) is 98.8 cm³/mol. The Morgan fingerprint density at radius 2 is 1.96 bits per heavy atom. The van der Waals surface area contributed by atoms with Crippen LogP contribution in [0.4, 0.5) is 0 Å². The Bertz CT molecular complexity index is 501. The molecule has 2 aliphatic rings. The van der Waals surface area contributed by atoms with E-state index in [1.807, 2.05) is 20.8 Å². The summed E-state index contributed by atoms with van der Waals surface area (Å²) >= 11 is 0. The van der Waals surface area contributed by atoms with Crippen LogP contribution in [0.2, 0.25) is 0 Å². The summed E-state index contributed by atoms with van der Waals surface area (Å²) in [5, 5.41) is 0. The Kier molecular flexibility index (Phi) is 7.08. The van der Waals surface area contributed by atoms with E-state index in [1.54, 1.807) is 0 Å². The minimum absolute atomic E-state index is 0.0286. The van der Waals surface area contributed by atoms with Gasteiger partial charge in [-0.1, -0.05) is 13.3 Å². The quantitative estimate of drug-likeness (QED) is 0.484. The molecule has 2 fully saturated rings. The van der Waals surface area contributed by atoms with Gasteiger partial charge in [-0.05, 0) is 59.4 Å². The Morgan fingerprint density at radius 1 is 1.23 bits per heavy atom. The van der Waals surface area contributed by atoms with E-state index >= 15 is 0 Å². The Labute approximate surface area is 157 Å². The number of carbonyl (C=O) groups excluding carboxylic acids is 2. The Balaban J connectivity index is 2.14. The van der Waals surface area contributed by atoms with Crippen LogP contribution in [0.1, 0.15) is 66.2 Å². The standard InChI is InChI=1S/C20H35NO5/c1-6-7-12-25-13-9-16-15(17(22)24-5)14-20(10-8-11-21(16)20)18(23)26-19(2,3)4/h15-16H,6-14H2,1-5H3/t15-,16-,20-/m0/s1. The van der Waals surface area contributed by atoms with Crippen LogP contribution in [0.15, 0.2) is 0 Å². The third-order valence-electron chi connectivity index (χ3n) is 5.44. The van der Waals surface area contributed by atoms with Gasteiger partial charge in [0.25, 0.3) is 0 Å². The van der Waals surface area contributed by atoms with Crippen molar-refractivity contribution in [2.45, 2.75) is 83.4 Å². The van der Waals surface area contributed by atoms with Gasteiger partial charge in [-0.25, -0.2) is 0 Å². The first-order valence-electron chi connectivity index (χ1n) is 9.91. The fraction of sp³-hybridized carbons (Fsp3) is 0.900. The van der Waals surface area contributed by atoms with E-state index in [4.69, 9.17) is 14.2 Å². The second-order valence-corrected chi connectivity index (χ2v) is 8.49. The van der Waals surface area contributed by atoms with Gasteiger partial charge in [0.1, 0.15) is 11.1 Å². The zero-order valence-electron chi connectivity index (χ0n) is 17.0. The maximum atomic E-state index is 13.0. The minimum Gasteiger partial charge on any atom is -0.469 e. The van der Waals surface area contributed by atoms with Crippen LogP contribution >= 0.6 is 0 Å². The maximum absolute atomic E-state index is 13.0. The molecule has 150 valence electrons. The zero-order chi connectivity index (χ0) is 19.4. The van der Waals surface area contributed by atoms with Gasteiger partial charge in [0.2, 0.25) is 0 Å². The summed E-state index contributed by atoms with van der Waals surface area (Å²) in [7, 11) is 1.42. The second-order valence-electron chi connectivity index (χ2n) is 8.49. The average Bonchev–Trinajstić information content (AvgIpc) is 3.11. The maximum Gasteiger partial charge on any atom is 0.327 e. The van der Waals surface area contributed by atoms with Gasteiger partial charge in [-0.3, -0.25) is 14.5 Å². The molecule has 0 aromatic carbocycles. The molecule has 0 saturated carbocycles. The number of ether oxygens (including phenoxy) is 3. The van der Waals surface area contributed by atoms with Gasteiger partial charge in [-0.2, -0.15) is 0 Å². The summed E-state index contributed by atoms with van der Waals surface area (Å²) in [5.74, 6) is -0.741. The Morgan fingerprint density at radius 3 is 2.58 bits per heavy atom. The first-order valence-corrected chi connectivity index (χ1v) is 9.91. The molecule has 6 nitrogen and oxygen atoms in total. The van der Waals surface area contributed by atoms with Crippen LogP contribution in [-0.4, -0.2) is 60.9 Å². The van der Waals surface area contributed by atoms with Crippen molar-refractivity contribution in [2.24, 2.45) is 5.92 Å². The lowest BCUT2D eigenvalue weighted by Crippen LogP contribution is -2.51. The Hall–Kier alpha value is -1.14. The molecule has 2 rings (SSSR count). The number of hydrogen-bond acceptors (Lipinski definition) is 6. The molecule has 0 N–H and O–H groups in total. The number of rotatable bonds is 8. The SMILES string of the molecule is CCCCOCC[C@H]1[C@@H](C(=O)OC)C[C@]2(C(=O)OC(C)(C)C)CCCN12. The molecule has 0 radical (unpaired) electrons. The summed E-state index contributed by atoms with van der Waals surface area (Å²) in [6.45, 7) is 9.92. The highest BCUT2D eigenvalue weighted by Crippen LogP contribution is 2.48. The van der Waals surface area contributed by atoms with Crippen LogP contribution in [0.5, 0.6) is 0 Å². The molecule has 0 aliphatic carbocycles. The summed E-state index contributed by atoms with van der Waals surface area (Å²) < 4.78 is 16.5. The molecule has 2 heterocycles. The molecule has 0 bridgehead atoms. The second kappa shape index (κ2) is 8.70. The van der Waals surface area contributed by atoms with E-state index in [0.29, 0.717) is 13.0 Å². The number of fused-ring (bicyclic) bond motifs is 1. The van der Waals surface area contributed by atoms with Crippen LogP contribution < -0.4 is 0 Å². The largest absolute Gasteiger partial charge is 0.469 e. The molecule has 3 atom stereocenters. The molecular weight excluding hydrogens is 334 g/mol. The summed E-state index contributed by atoms with van der Waals surface area (Å²) in [4.78, 5) is 27.6. The molecule has 2 saturated heterocycles. The zero-order valence-corrected chi connectivity index (χ0v) is 17.0. The average molecular weight is 370 g/mol. The molecule has 6 heteroatoms. The van der Waals surface area contributed by atoms with Crippen molar-refractivity contribution in [1.82, 2.24) is 4.90 Å². The molecule has 2 aliphatic heterocycles. The summed E-state index contributed by atoms with van der Waals surface area (Å²) in [6.07, 6.45) is 5.03. The van der Waals surface area contributed by atoms with Gasteiger partial charge < -0.3 is 14.2 Å². The van der Waals surface area contributed by atoms with Crippen molar-refractivity contribution in [1.29, 1.82) is 0 Å². The van der Waals surface area contributed by atoms with E-state index in [-0.39, 0.29) is 23.9 Å². The highest BCUT2D eigenvalue weighted by atomic mass is 16.6. The summed E-state index contributed by atoms with van der Waals surface area (Å²) in [5.41, 5.74) is -1.23. The van der Waals surface area contributed by atoms with E-state index < -0.39 is 11.1 Å². The molecule has 0 aromatic rings. The van der Waals surface area contributed by atoms with Crippen LogP contribution in [0, 0.1) is 5.92 Å². The summed E-state index contributed by atoms with van der Waals surface area (Å²) in [6, 6.07) is -0.0286. The highest BCUT2D eigenvalue weighted by molar-refractivity contribution is 5.85. The number of hydrogen-bond donors (Lipinski definition) is 0. The van der Waals surface area contributed by atoms with E-state index in [0.717, 1.165) is 45.3 Å². The molecule has 0 amide bonds. The van der Waals surface area contributed by atoms with Crippen molar-refractivity contribution in [3.8, 4) is 0 Å². The van der Waals surface area contributed by atoms with Gasteiger partial charge in [0, 0.05) is 19.3 Å². The third-order valence-corrected chi connectivity index (χ3v) is 5.44. The molecule has 0 unspecified atom stereocenters. The fourth-order valence-electron chi connectivity index (χ4n) is 4.30. The predicted octanol–water partition coefficient (Wildman–Crippen LogP) is 2.93. The van der Waals surface area contributed by atoms with Crippen molar-refractivity contribution >= 4 is 11.9 Å². The molecule has 0 aromatic heterocycles. The van der Waals surface area contributed by atoms with Crippen LogP contribution in [0.3, 0.4) is 0 Å². The first-order chi connectivity index (χ1) is 12.2. The topological polar surface area (TPSA) is 65.1 Å². The van der Waals surface area contributed by atoms with Crippen molar-refractivity contribution in [2.75, 3.05) is 26.9 Å². The van der Waals surface area contributed by atoms with Gasteiger partial charge in [0.15, 0.2) is 0 Å². The lowest BCUT2D eigenvalue weighted by atomic mass is 9.88. The molecular formula is C20H35NO5. The highest BCUT2D eigenvalue weighted by Gasteiger charge is 2.61. The van der Waals surface area contributed by atoms with E-state index in [2.05, 4.69) is 11.8 Å². The fourth-order valence-corrected chi connectivity index (χ4v) is 4.30. The van der Waals surface area contributed by atoms with Crippen molar-refractivity contribution in [3.63, 3.8) is 0 Å². The minimum atomic E-state index is -0.694. The van der Waals surface area contributed by atoms with Gasteiger partial charge in [-0.15, -0.1) is 0 Å². The third kappa shape index (κ3) is 4.58. The number of nitrogens with zero attached hydrogens (tertiary/aromatic N) is 1. The number of unbranched alkanes of at least 4 members (excludes halogenated alkanes) is 1. The smallest absolute Gasteiger partial charge is 0.327 e. The lowest BCUT2D eigenvalue weighted by molar-refractivity contribution is -0.167. The monoisotopic (exact) mass is 369 g/mol. The van der Waals surface area contributed by atoms with Gasteiger partial charge >= 0.3 is 11.9 Å². The lowest BCUT2D eigenvalue weighted by Gasteiger charge is -2.35. The number of carbonyl (C=O) groups is 2. The van der Waals surface area contributed by atoms with Gasteiger partial charge in [0.05, 0.1) is 13.0 Å². The normalized spacial score (nSPS) is 28.8. The van der Waals surface area contributed by atoms with Crippen LogP contribution in [-0.2, 0) is 23.8 Å². The van der Waals surface area contributed by atoms with E-state index in [1.165, 1.54) is 7.11 Å². The first kappa shape index (κ1) is 21.2. The number of methoxy groups -OCH3 is 1. The molecule has 0 spiro atoms. The van der Waals surface area contributed by atoms with Crippen LogP contribution in [0.25, 0.3) is 0 Å². The van der Waals surface area contributed by atoms with E-state index in [9.17, 15) is 9.59 Å². The molecule has 26 heavy (non-hydrogen) atoms. The van der Waals surface area contributed by atoms with Crippen molar-refractivity contribution < 1.29 is 23.8 Å².